The minimum Gasteiger partial charge on any atom is -0.322 e. The van der Waals surface area contributed by atoms with Gasteiger partial charge >= 0.3 is 5.69 Å². The van der Waals surface area contributed by atoms with Crippen LogP contribution in [0.15, 0.2) is 9.59 Å². The van der Waals surface area contributed by atoms with E-state index < -0.39 is 0 Å². The molecule has 1 fully saturated rings. The minimum atomic E-state index is -0.350. The molecule has 0 spiro atoms. The molecule has 0 aliphatic heterocycles. The maximum atomic E-state index is 12.3. The third-order valence-corrected chi connectivity index (χ3v) is 6.13. The lowest BCUT2D eigenvalue weighted by Gasteiger charge is -2.09. The fourth-order valence-corrected chi connectivity index (χ4v) is 4.71. The summed E-state index contributed by atoms with van der Waals surface area (Å²) >= 11 is 1.93. The smallest absolute Gasteiger partial charge is 0.322 e. The molecule has 0 bridgehead atoms. The maximum absolute atomic E-state index is 12.3. The van der Waals surface area contributed by atoms with Gasteiger partial charge in [-0.2, -0.15) is 11.8 Å². The van der Waals surface area contributed by atoms with Crippen molar-refractivity contribution in [1.29, 1.82) is 0 Å². The minimum absolute atomic E-state index is 0.325. The lowest BCUT2D eigenvalue weighted by Crippen LogP contribution is -2.31. The Bertz CT molecular complexity index is 814. The van der Waals surface area contributed by atoms with Crippen molar-refractivity contribution in [2.75, 3.05) is 0 Å². The largest absolute Gasteiger partial charge is 0.330 e. The van der Waals surface area contributed by atoms with Crippen LogP contribution in [-0.2, 0) is 18.8 Å². The molecule has 132 valence electrons. The molecule has 0 saturated heterocycles. The van der Waals surface area contributed by atoms with Gasteiger partial charge in [0.25, 0.3) is 5.56 Å². The van der Waals surface area contributed by atoms with E-state index in [9.17, 15) is 9.59 Å². The van der Waals surface area contributed by atoms with Gasteiger partial charge in [-0.15, -0.1) is 0 Å². The first kappa shape index (κ1) is 17.3. The van der Waals surface area contributed by atoms with Crippen LogP contribution in [0.25, 0.3) is 11.2 Å². The molecule has 7 heteroatoms. The summed E-state index contributed by atoms with van der Waals surface area (Å²) < 4.78 is 3.59. The van der Waals surface area contributed by atoms with E-state index in [1.807, 2.05) is 23.3 Å². The highest BCUT2D eigenvalue weighted by Crippen LogP contribution is 2.31. The van der Waals surface area contributed by atoms with E-state index in [1.165, 1.54) is 25.7 Å². The Morgan fingerprint density at radius 3 is 2.62 bits per heavy atom. The number of hydrogen-bond donors (Lipinski definition) is 1. The van der Waals surface area contributed by atoms with E-state index in [-0.39, 0.29) is 11.2 Å². The van der Waals surface area contributed by atoms with Gasteiger partial charge in [-0.1, -0.05) is 26.2 Å². The second-order valence-corrected chi connectivity index (χ2v) is 7.72. The van der Waals surface area contributed by atoms with Gasteiger partial charge in [0.15, 0.2) is 11.2 Å². The average Bonchev–Trinajstić information content (AvgIpc) is 3.20. The third-order valence-electron chi connectivity index (χ3n) is 4.77. The zero-order chi connectivity index (χ0) is 17.1. The molecular weight excluding hydrogens is 324 g/mol. The summed E-state index contributed by atoms with van der Waals surface area (Å²) in [5.74, 6) is 1.71. The van der Waals surface area contributed by atoms with Crippen molar-refractivity contribution in [2.24, 2.45) is 0 Å². The quantitative estimate of drug-likeness (QED) is 0.833. The number of aryl methyl sites for hydroxylation is 2. The Balaban J connectivity index is 2.01. The summed E-state index contributed by atoms with van der Waals surface area (Å²) in [5, 5.41) is 0.704. The zero-order valence-electron chi connectivity index (χ0n) is 14.5. The molecule has 0 aromatic carbocycles. The molecule has 2 heterocycles. The number of unbranched alkanes of at least 4 members (excludes halogenated alkanes) is 1. The summed E-state index contributed by atoms with van der Waals surface area (Å²) in [5.41, 5.74) is 0.405. The highest BCUT2D eigenvalue weighted by atomic mass is 32.2. The van der Waals surface area contributed by atoms with Gasteiger partial charge in [0, 0.05) is 18.3 Å². The van der Waals surface area contributed by atoms with E-state index in [0.29, 0.717) is 29.5 Å². The molecule has 1 saturated carbocycles. The van der Waals surface area contributed by atoms with Crippen LogP contribution < -0.4 is 11.2 Å². The summed E-state index contributed by atoms with van der Waals surface area (Å²) in [6.07, 6.45) is 7.08. The molecule has 6 nitrogen and oxygen atoms in total. The molecule has 1 N–H and O–H groups in total. The van der Waals surface area contributed by atoms with Crippen LogP contribution in [-0.4, -0.2) is 24.4 Å². The van der Waals surface area contributed by atoms with Gasteiger partial charge in [-0.25, -0.2) is 9.78 Å². The zero-order valence-corrected chi connectivity index (χ0v) is 15.3. The van der Waals surface area contributed by atoms with Gasteiger partial charge in [0.05, 0.1) is 5.75 Å². The Morgan fingerprint density at radius 1 is 1.21 bits per heavy atom. The lowest BCUT2D eigenvalue weighted by molar-refractivity contribution is 0.613. The standard InChI is InChI=1S/C17H26N4O2S/c1-3-5-10-21-15-14(16(22)19-17(21)23)20(4-2)13(18-15)11-24-12-8-6-7-9-12/h12H,3-11H2,1-2H3,(H,19,22,23). The number of imidazole rings is 1. The lowest BCUT2D eigenvalue weighted by atomic mass is 10.3. The number of nitrogens with one attached hydrogen (secondary N) is 1. The Hall–Kier alpha value is -1.50. The molecule has 1 aliphatic carbocycles. The van der Waals surface area contributed by atoms with Crippen LogP contribution in [0.1, 0.15) is 58.2 Å². The number of fused-ring (bicyclic) bond motifs is 1. The van der Waals surface area contributed by atoms with E-state index in [1.54, 1.807) is 4.57 Å². The first-order valence-corrected chi connectivity index (χ1v) is 10.0. The number of rotatable bonds is 7. The normalized spacial score (nSPS) is 15.6. The van der Waals surface area contributed by atoms with E-state index >= 15 is 0 Å². The number of aromatic amines is 1. The van der Waals surface area contributed by atoms with Gasteiger partial charge in [0.2, 0.25) is 0 Å². The molecule has 3 rings (SSSR count). The first-order valence-electron chi connectivity index (χ1n) is 8.99. The van der Waals surface area contributed by atoms with E-state index in [2.05, 4.69) is 11.9 Å². The third kappa shape index (κ3) is 3.31. The van der Waals surface area contributed by atoms with Crippen molar-refractivity contribution in [3.05, 3.63) is 26.7 Å². The van der Waals surface area contributed by atoms with Crippen LogP contribution >= 0.6 is 11.8 Å². The number of hydrogen-bond acceptors (Lipinski definition) is 4. The van der Waals surface area contributed by atoms with Crippen LogP contribution in [0.4, 0.5) is 0 Å². The van der Waals surface area contributed by atoms with Crippen molar-refractivity contribution in [3.8, 4) is 0 Å². The maximum Gasteiger partial charge on any atom is 0.330 e. The van der Waals surface area contributed by atoms with Crippen LogP contribution in [0, 0.1) is 0 Å². The SMILES string of the molecule is CCCCn1c(=O)[nH]c(=O)c2c1nc(CSC1CCCC1)n2CC. The second-order valence-electron chi connectivity index (χ2n) is 6.43. The Labute approximate surface area is 145 Å². The summed E-state index contributed by atoms with van der Waals surface area (Å²) in [6.45, 7) is 5.39. The van der Waals surface area contributed by atoms with Crippen molar-refractivity contribution >= 4 is 22.9 Å². The molecule has 24 heavy (non-hydrogen) atoms. The van der Waals surface area contributed by atoms with Crippen LogP contribution in [0.2, 0.25) is 0 Å². The summed E-state index contributed by atoms with van der Waals surface area (Å²) in [7, 11) is 0. The van der Waals surface area contributed by atoms with E-state index in [4.69, 9.17) is 4.98 Å². The predicted molar refractivity (Wildman–Crippen MR) is 98.7 cm³/mol. The predicted octanol–water partition coefficient (Wildman–Crippen LogP) is 2.88. The molecule has 0 atom stereocenters. The van der Waals surface area contributed by atoms with Gasteiger partial charge in [-0.3, -0.25) is 14.3 Å². The Morgan fingerprint density at radius 2 is 1.96 bits per heavy atom. The first-order chi connectivity index (χ1) is 11.7. The van der Waals surface area contributed by atoms with Crippen molar-refractivity contribution in [2.45, 2.75) is 76.5 Å². The summed E-state index contributed by atoms with van der Waals surface area (Å²) in [6, 6.07) is 0. The monoisotopic (exact) mass is 350 g/mol. The molecule has 1 aliphatic rings. The number of aromatic nitrogens is 4. The molecule has 2 aromatic rings. The number of nitrogens with zero attached hydrogens (tertiary/aromatic N) is 3. The fourth-order valence-electron chi connectivity index (χ4n) is 3.44. The molecular formula is C17H26N4O2S. The molecule has 2 aromatic heterocycles. The molecule has 0 radical (unpaired) electrons. The second kappa shape index (κ2) is 7.59. The number of thioether (sulfide) groups is 1. The highest BCUT2D eigenvalue weighted by molar-refractivity contribution is 7.99. The van der Waals surface area contributed by atoms with Gasteiger partial charge in [0.1, 0.15) is 5.82 Å². The van der Waals surface area contributed by atoms with E-state index in [0.717, 1.165) is 24.4 Å². The van der Waals surface area contributed by atoms with Crippen molar-refractivity contribution in [3.63, 3.8) is 0 Å². The highest BCUT2D eigenvalue weighted by Gasteiger charge is 2.20. The number of H-pyrrole nitrogens is 1. The fraction of sp³-hybridized carbons (Fsp3) is 0.706. The Kier molecular flexibility index (Phi) is 5.48. The summed E-state index contributed by atoms with van der Waals surface area (Å²) in [4.78, 5) is 31.7. The van der Waals surface area contributed by atoms with Gasteiger partial charge < -0.3 is 4.57 Å². The van der Waals surface area contributed by atoms with Gasteiger partial charge in [-0.05, 0) is 26.2 Å². The topological polar surface area (TPSA) is 72.7 Å². The van der Waals surface area contributed by atoms with Crippen molar-refractivity contribution in [1.82, 2.24) is 19.1 Å². The average molecular weight is 350 g/mol. The molecule has 0 amide bonds. The van der Waals surface area contributed by atoms with Crippen molar-refractivity contribution < 1.29 is 0 Å². The van der Waals surface area contributed by atoms with Crippen LogP contribution in [0.5, 0.6) is 0 Å². The van der Waals surface area contributed by atoms with Crippen LogP contribution in [0.3, 0.4) is 0 Å². The molecule has 0 unspecified atom stereocenters.